The van der Waals surface area contributed by atoms with Gasteiger partial charge in [-0.3, -0.25) is 4.79 Å². The molecule has 24 heavy (non-hydrogen) atoms. The molecule has 0 unspecified atom stereocenters. The van der Waals surface area contributed by atoms with Crippen LogP contribution in [0.1, 0.15) is 18.8 Å². The van der Waals surface area contributed by atoms with E-state index in [2.05, 4.69) is 15.3 Å². The Labute approximate surface area is 138 Å². The number of carbonyl (C=O) groups excluding carboxylic acids is 1. The number of hydrogen-bond donors (Lipinski definition) is 2. The van der Waals surface area contributed by atoms with Crippen LogP contribution < -0.4 is 5.32 Å². The third kappa shape index (κ3) is 3.35. The van der Waals surface area contributed by atoms with E-state index < -0.39 is 36.9 Å². The molecule has 1 amide bonds. The second-order valence-corrected chi connectivity index (χ2v) is 5.66. The summed E-state index contributed by atoms with van der Waals surface area (Å²) in [5, 5.41) is 16.7. The summed E-state index contributed by atoms with van der Waals surface area (Å²) in [5.41, 5.74) is 9.48. The molecule has 128 valence electrons. The van der Waals surface area contributed by atoms with E-state index in [9.17, 15) is 9.90 Å². The number of carbonyl (C=O) groups is 1. The molecule has 6 atom stereocenters. The van der Waals surface area contributed by atoms with Gasteiger partial charge in [0.15, 0.2) is 12.5 Å². The molecule has 2 N–H and O–H groups in total. The van der Waals surface area contributed by atoms with E-state index in [1.54, 1.807) is 0 Å². The van der Waals surface area contributed by atoms with Gasteiger partial charge in [-0.05, 0) is 5.53 Å². The SMILES string of the molecule is CC(=O)N[C@H]1[C@H](O)[C@H]2O[C@@H](c3ccccc3)OC[C@H]2O[C@H]1N=[N+]=[N-]. The number of rotatable bonds is 3. The van der Waals surface area contributed by atoms with Crippen molar-refractivity contribution in [2.24, 2.45) is 5.11 Å². The van der Waals surface area contributed by atoms with Crippen molar-refractivity contribution in [2.45, 2.75) is 43.8 Å². The lowest BCUT2D eigenvalue weighted by Crippen LogP contribution is -2.65. The van der Waals surface area contributed by atoms with E-state index in [0.717, 1.165) is 5.56 Å². The molecule has 2 fully saturated rings. The van der Waals surface area contributed by atoms with Crippen molar-refractivity contribution in [2.75, 3.05) is 6.61 Å². The number of aliphatic hydroxyl groups excluding tert-OH is 1. The van der Waals surface area contributed by atoms with Gasteiger partial charge < -0.3 is 24.6 Å². The molecule has 2 aliphatic rings. The highest BCUT2D eigenvalue weighted by molar-refractivity contribution is 5.73. The first-order chi connectivity index (χ1) is 11.6. The molecule has 2 aliphatic heterocycles. The van der Waals surface area contributed by atoms with Crippen molar-refractivity contribution in [3.05, 3.63) is 46.3 Å². The van der Waals surface area contributed by atoms with Gasteiger partial charge in [0, 0.05) is 17.4 Å². The molecule has 0 radical (unpaired) electrons. The summed E-state index contributed by atoms with van der Waals surface area (Å²) in [6, 6.07) is 8.42. The molecule has 2 heterocycles. The Kier molecular flexibility index (Phi) is 4.98. The van der Waals surface area contributed by atoms with E-state index in [1.807, 2.05) is 30.3 Å². The molecule has 1 aromatic carbocycles. The van der Waals surface area contributed by atoms with Gasteiger partial charge in [0.1, 0.15) is 18.3 Å². The Morgan fingerprint density at radius 2 is 2.12 bits per heavy atom. The highest BCUT2D eigenvalue weighted by Crippen LogP contribution is 2.34. The molecule has 3 rings (SSSR count). The van der Waals surface area contributed by atoms with Gasteiger partial charge in [0.25, 0.3) is 0 Å². The third-order valence-corrected chi connectivity index (χ3v) is 3.99. The monoisotopic (exact) mass is 334 g/mol. The standard InChI is InChI=1S/C15H18N4O5/c1-8(20)17-11-12(21)13-10(23-14(11)18-19-16)7-22-15(24-13)9-5-3-2-4-6-9/h2-6,10-15,21H,7H2,1H3,(H,17,20)/t10-,11+,12+,13+,14-,15+/m1/s1. The fourth-order valence-corrected chi connectivity index (χ4v) is 2.93. The smallest absolute Gasteiger partial charge is 0.217 e. The zero-order valence-corrected chi connectivity index (χ0v) is 13.0. The lowest BCUT2D eigenvalue weighted by molar-refractivity contribution is -0.314. The van der Waals surface area contributed by atoms with Crippen molar-refractivity contribution >= 4 is 5.91 Å². The summed E-state index contributed by atoms with van der Waals surface area (Å²) in [4.78, 5) is 14.1. The van der Waals surface area contributed by atoms with E-state index >= 15 is 0 Å². The Morgan fingerprint density at radius 1 is 1.38 bits per heavy atom. The molecule has 9 nitrogen and oxygen atoms in total. The lowest BCUT2D eigenvalue weighted by atomic mass is 9.95. The van der Waals surface area contributed by atoms with Gasteiger partial charge in [-0.1, -0.05) is 35.4 Å². The van der Waals surface area contributed by atoms with Gasteiger partial charge in [0.2, 0.25) is 5.91 Å². The van der Waals surface area contributed by atoms with Gasteiger partial charge in [-0.25, -0.2) is 0 Å². The number of hydrogen-bond acceptors (Lipinski definition) is 6. The number of nitrogens with one attached hydrogen (secondary N) is 1. The summed E-state index contributed by atoms with van der Waals surface area (Å²) in [6.45, 7) is 1.48. The van der Waals surface area contributed by atoms with E-state index in [1.165, 1.54) is 6.92 Å². The van der Waals surface area contributed by atoms with Crippen molar-refractivity contribution in [1.82, 2.24) is 5.32 Å². The van der Waals surface area contributed by atoms with Crippen LogP contribution in [-0.4, -0.2) is 48.2 Å². The maximum Gasteiger partial charge on any atom is 0.217 e. The molecule has 2 saturated heterocycles. The van der Waals surface area contributed by atoms with E-state index in [-0.39, 0.29) is 12.5 Å². The van der Waals surface area contributed by atoms with Gasteiger partial charge >= 0.3 is 0 Å². The van der Waals surface area contributed by atoms with Crippen LogP contribution in [0.2, 0.25) is 0 Å². The lowest BCUT2D eigenvalue weighted by Gasteiger charge is -2.47. The second kappa shape index (κ2) is 7.16. The first kappa shape index (κ1) is 16.7. The highest BCUT2D eigenvalue weighted by Gasteiger charge is 2.49. The Hall–Kier alpha value is -2.16. The number of amides is 1. The van der Waals surface area contributed by atoms with E-state index in [4.69, 9.17) is 19.7 Å². The van der Waals surface area contributed by atoms with Crippen molar-refractivity contribution in [3.8, 4) is 0 Å². The summed E-state index contributed by atoms with van der Waals surface area (Å²) < 4.78 is 17.1. The Balaban J connectivity index is 1.79. The highest BCUT2D eigenvalue weighted by atomic mass is 16.7. The van der Waals surface area contributed by atoms with Crippen molar-refractivity contribution in [1.29, 1.82) is 0 Å². The molecular weight excluding hydrogens is 316 g/mol. The zero-order chi connectivity index (χ0) is 17.1. The number of aliphatic hydroxyl groups is 1. The summed E-state index contributed by atoms with van der Waals surface area (Å²) in [6.07, 6.45) is -4.08. The molecule has 0 bridgehead atoms. The zero-order valence-electron chi connectivity index (χ0n) is 13.0. The summed E-state index contributed by atoms with van der Waals surface area (Å²) in [7, 11) is 0. The Morgan fingerprint density at radius 3 is 2.79 bits per heavy atom. The van der Waals surface area contributed by atoms with Crippen LogP contribution in [0.3, 0.4) is 0 Å². The molecule has 0 spiro atoms. The molecule has 1 aromatic rings. The number of fused-ring (bicyclic) bond motifs is 1. The van der Waals surface area contributed by atoms with Crippen LogP contribution in [0, 0.1) is 0 Å². The maximum absolute atomic E-state index is 11.4. The largest absolute Gasteiger partial charge is 0.388 e. The number of ether oxygens (including phenoxy) is 3. The topological polar surface area (TPSA) is 126 Å². The molecule has 0 aliphatic carbocycles. The predicted molar refractivity (Wildman–Crippen MR) is 81.4 cm³/mol. The Bertz CT molecular complexity index is 636. The molecule has 9 heteroatoms. The van der Waals surface area contributed by atoms with E-state index in [0.29, 0.717) is 0 Å². The fourth-order valence-electron chi connectivity index (χ4n) is 2.93. The molecular formula is C15H18N4O5. The predicted octanol–water partition coefficient (Wildman–Crippen LogP) is 1.00. The maximum atomic E-state index is 11.4. The average molecular weight is 334 g/mol. The second-order valence-electron chi connectivity index (χ2n) is 5.66. The van der Waals surface area contributed by atoms with Crippen LogP contribution in [0.4, 0.5) is 0 Å². The number of nitrogens with zero attached hydrogens (tertiary/aromatic N) is 3. The average Bonchev–Trinajstić information content (AvgIpc) is 2.59. The summed E-state index contributed by atoms with van der Waals surface area (Å²) in [5.74, 6) is -0.370. The minimum Gasteiger partial charge on any atom is -0.388 e. The number of benzene rings is 1. The normalized spacial score (nSPS) is 35.4. The fraction of sp³-hybridized carbons (Fsp3) is 0.533. The van der Waals surface area contributed by atoms with Crippen LogP contribution in [-0.2, 0) is 19.0 Å². The molecule has 0 saturated carbocycles. The van der Waals surface area contributed by atoms with Crippen molar-refractivity contribution in [3.63, 3.8) is 0 Å². The summed E-state index contributed by atoms with van der Waals surface area (Å²) >= 11 is 0. The van der Waals surface area contributed by atoms with Crippen LogP contribution in [0.5, 0.6) is 0 Å². The first-order valence-electron chi connectivity index (χ1n) is 7.57. The minimum atomic E-state index is -1.10. The number of azide groups is 1. The molecule has 0 aromatic heterocycles. The van der Waals surface area contributed by atoms with Gasteiger partial charge in [-0.15, -0.1) is 0 Å². The minimum absolute atomic E-state index is 0.172. The van der Waals surface area contributed by atoms with Crippen LogP contribution >= 0.6 is 0 Å². The van der Waals surface area contributed by atoms with Crippen LogP contribution in [0.15, 0.2) is 35.4 Å². The van der Waals surface area contributed by atoms with Crippen LogP contribution in [0.25, 0.3) is 10.4 Å². The van der Waals surface area contributed by atoms with Crippen molar-refractivity contribution < 1.29 is 24.1 Å². The quantitative estimate of drug-likeness (QED) is 0.484. The van der Waals surface area contributed by atoms with Gasteiger partial charge in [-0.2, -0.15) is 0 Å². The third-order valence-electron chi connectivity index (χ3n) is 3.99. The first-order valence-corrected chi connectivity index (χ1v) is 7.57. The van der Waals surface area contributed by atoms with Gasteiger partial charge in [0.05, 0.1) is 12.6 Å².